The van der Waals surface area contributed by atoms with Crippen LogP contribution in [0.2, 0.25) is 0 Å². The molecule has 0 bridgehead atoms. The molecule has 1 spiro atoms. The van der Waals surface area contributed by atoms with E-state index in [-0.39, 0.29) is 0 Å². The molecule has 0 fully saturated rings. The summed E-state index contributed by atoms with van der Waals surface area (Å²) in [6.45, 7) is 0. The number of anilines is 3. The Bertz CT molecular complexity index is 3090. The van der Waals surface area contributed by atoms with Crippen molar-refractivity contribution in [2.45, 2.75) is 5.41 Å². The average Bonchev–Trinajstić information content (AvgIpc) is 3.85. The first kappa shape index (κ1) is 28.8. The lowest BCUT2D eigenvalue weighted by Gasteiger charge is -2.31. The Morgan fingerprint density at radius 3 is 1.89 bits per heavy atom. The summed E-state index contributed by atoms with van der Waals surface area (Å²) in [4.78, 5) is 2.34. The molecule has 0 unspecified atom stereocenters. The van der Waals surface area contributed by atoms with Crippen molar-refractivity contribution in [3.63, 3.8) is 0 Å². The van der Waals surface area contributed by atoms with Crippen molar-refractivity contribution in [3.8, 4) is 22.3 Å². The van der Waals surface area contributed by atoms with E-state index in [9.17, 15) is 0 Å². The summed E-state index contributed by atoms with van der Waals surface area (Å²) in [6.07, 6.45) is 0. The zero-order valence-electron chi connectivity index (χ0n) is 28.8. The van der Waals surface area contributed by atoms with E-state index < -0.39 is 5.41 Å². The van der Waals surface area contributed by atoms with E-state index in [4.69, 9.17) is 4.42 Å². The van der Waals surface area contributed by atoms with Gasteiger partial charge in [-0.3, -0.25) is 0 Å². The van der Waals surface area contributed by atoms with Gasteiger partial charge in [0, 0.05) is 22.1 Å². The maximum absolute atomic E-state index is 6.61. The topological polar surface area (TPSA) is 16.4 Å². The fraction of sp³-hybridized carbons (Fsp3) is 0.0196. The van der Waals surface area contributed by atoms with Crippen LogP contribution >= 0.6 is 0 Å². The zero-order chi connectivity index (χ0) is 34.7. The van der Waals surface area contributed by atoms with Gasteiger partial charge in [0.05, 0.1) is 11.1 Å². The van der Waals surface area contributed by atoms with Gasteiger partial charge in [0.2, 0.25) is 0 Å². The normalized spacial score (nSPS) is 13.4. The third-order valence-corrected chi connectivity index (χ3v) is 11.8. The van der Waals surface area contributed by atoms with Gasteiger partial charge in [-0.2, -0.15) is 0 Å². The summed E-state index contributed by atoms with van der Waals surface area (Å²) in [6, 6.07) is 69.0. The molecule has 0 atom stereocenters. The lowest BCUT2D eigenvalue weighted by molar-refractivity contribution is 0.669. The molecule has 0 saturated carbocycles. The fourth-order valence-corrected chi connectivity index (χ4v) is 9.70. The van der Waals surface area contributed by atoms with Gasteiger partial charge in [0.15, 0.2) is 5.58 Å². The molecule has 2 nitrogen and oxygen atoms in total. The lowest BCUT2D eigenvalue weighted by atomic mass is 9.69. The van der Waals surface area contributed by atoms with Crippen LogP contribution in [0.5, 0.6) is 0 Å². The summed E-state index contributed by atoms with van der Waals surface area (Å²) in [5, 5.41) is 7.25. The molecule has 2 aliphatic rings. The maximum atomic E-state index is 6.61. The standard InChI is InChI=1S/C51H31NO/c1-2-14-35(15-3-1)52(47-23-12-20-42-40-19-8-11-24-48(40)53-50(42)47)36-27-25-33-30-43-41-28-26-32-13-4-5-16-37(32)49(41)51(46(43)31-34(33)29-36)44-21-9-6-17-38(44)39-18-7-10-22-45(39)51/h1-31H. The SMILES string of the molecule is c1ccc(N(c2ccc3cc4c(cc3c2)C2(c3ccccc3-c3ccccc32)c2c-4ccc3ccccc23)c2cccc3c2oc2ccccc23)cc1. The molecule has 9 aromatic carbocycles. The third kappa shape index (κ3) is 3.77. The predicted octanol–water partition coefficient (Wildman–Crippen LogP) is 13.7. The molecule has 0 N–H and O–H groups in total. The summed E-state index contributed by atoms with van der Waals surface area (Å²) in [5.41, 5.74) is 15.2. The van der Waals surface area contributed by atoms with Crippen molar-refractivity contribution in [1.82, 2.24) is 0 Å². The Morgan fingerprint density at radius 1 is 0.377 bits per heavy atom. The van der Waals surface area contributed by atoms with Crippen LogP contribution in [0.25, 0.3) is 65.7 Å². The molecule has 0 radical (unpaired) electrons. The Morgan fingerprint density at radius 2 is 1.06 bits per heavy atom. The number of para-hydroxylation sites is 3. The molecule has 53 heavy (non-hydrogen) atoms. The van der Waals surface area contributed by atoms with Crippen LogP contribution in [0.1, 0.15) is 22.3 Å². The van der Waals surface area contributed by atoms with Gasteiger partial charge >= 0.3 is 0 Å². The van der Waals surface area contributed by atoms with Crippen LogP contribution in [0.3, 0.4) is 0 Å². The maximum Gasteiger partial charge on any atom is 0.159 e. The largest absolute Gasteiger partial charge is 0.454 e. The highest BCUT2D eigenvalue weighted by atomic mass is 16.3. The van der Waals surface area contributed by atoms with Crippen molar-refractivity contribution in [2.24, 2.45) is 0 Å². The van der Waals surface area contributed by atoms with Crippen molar-refractivity contribution in [1.29, 1.82) is 0 Å². The zero-order valence-corrected chi connectivity index (χ0v) is 28.8. The van der Waals surface area contributed by atoms with Gasteiger partial charge in [-0.1, -0.05) is 140 Å². The Hall–Kier alpha value is -6.90. The lowest BCUT2D eigenvalue weighted by Crippen LogP contribution is -2.26. The average molecular weight is 674 g/mol. The van der Waals surface area contributed by atoms with Gasteiger partial charge < -0.3 is 9.32 Å². The molecular formula is C51H31NO. The van der Waals surface area contributed by atoms with Gasteiger partial charge in [0.1, 0.15) is 5.58 Å². The summed E-state index contributed by atoms with van der Waals surface area (Å²) in [7, 11) is 0. The second kappa shape index (κ2) is 10.6. The first-order valence-corrected chi connectivity index (χ1v) is 18.3. The Kier molecular flexibility index (Phi) is 5.73. The minimum absolute atomic E-state index is 0.443. The highest BCUT2D eigenvalue weighted by molar-refractivity contribution is 6.11. The second-order valence-corrected chi connectivity index (χ2v) is 14.4. The Balaban J connectivity index is 1.15. The third-order valence-electron chi connectivity index (χ3n) is 11.8. The van der Waals surface area contributed by atoms with E-state index in [2.05, 4.69) is 187 Å². The Labute approximate surface area is 306 Å². The number of nitrogens with zero attached hydrogens (tertiary/aromatic N) is 1. The molecule has 2 heteroatoms. The molecule has 10 aromatic rings. The molecule has 0 saturated heterocycles. The number of hydrogen-bond donors (Lipinski definition) is 0. The molecule has 12 rings (SSSR count). The van der Waals surface area contributed by atoms with E-state index in [1.807, 2.05) is 6.07 Å². The quantitative estimate of drug-likeness (QED) is 0.186. The highest BCUT2D eigenvalue weighted by Crippen LogP contribution is 2.64. The molecule has 1 heterocycles. The predicted molar refractivity (Wildman–Crippen MR) is 220 cm³/mol. The molecule has 0 amide bonds. The van der Waals surface area contributed by atoms with Gasteiger partial charge in [-0.25, -0.2) is 0 Å². The number of hydrogen-bond acceptors (Lipinski definition) is 2. The van der Waals surface area contributed by atoms with E-state index in [0.717, 1.165) is 39.0 Å². The van der Waals surface area contributed by atoms with Crippen LogP contribution in [0, 0.1) is 0 Å². The minimum atomic E-state index is -0.443. The first-order valence-electron chi connectivity index (χ1n) is 18.3. The van der Waals surface area contributed by atoms with Crippen LogP contribution in [-0.4, -0.2) is 0 Å². The van der Waals surface area contributed by atoms with Crippen molar-refractivity contribution >= 4 is 60.5 Å². The smallest absolute Gasteiger partial charge is 0.159 e. The summed E-state index contributed by atoms with van der Waals surface area (Å²) in [5.74, 6) is 0. The first-order chi connectivity index (χ1) is 26.3. The molecule has 2 aliphatic carbocycles. The fourth-order valence-electron chi connectivity index (χ4n) is 9.70. The van der Waals surface area contributed by atoms with Crippen LogP contribution in [0.15, 0.2) is 192 Å². The molecule has 246 valence electrons. The van der Waals surface area contributed by atoms with E-state index >= 15 is 0 Å². The highest BCUT2D eigenvalue weighted by Gasteiger charge is 2.52. The van der Waals surface area contributed by atoms with Crippen LogP contribution < -0.4 is 4.90 Å². The number of furan rings is 1. The van der Waals surface area contributed by atoms with E-state index in [1.165, 1.54) is 66.1 Å². The number of rotatable bonds is 3. The molecular weight excluding hydrogens is 643 g/mol. The number of benzene rings is 9. The minimum Gasteiger partial charge on any atom is -0.454 e. The summed E-state index contributed by atoms with van der Waals surface area (Å²) >= 11 is 0. The second-order valence-electron chi connectivity index (χ2n) is 14.4. The van der Waals surface area contributed by atoms with Crippen LogP contribution in [0.4, 0.5) is 17.1 Å². The molecule has 1 aromatic heterocycles. The van der Waals surface area contributed by atoms with Crippen molar-refractivity contribution in [3.05, 3.63) is 210 Å². The monoisotopic (exact) mass is 673 g/mol. The number of fused-ring (bicyclic) bond motifs is 16. The van der Waals surface area contributed by atoms with E-state index in [0.29, 0.717) is 0 Å². The van der Waals surface area contributed by atoms with Gasteiger partial charge in [-0.05, 0) is 115 Å². The molecule has 0 aliphatic heterocycles. The van der Waals surface area contributed by atoms with Crippen LogP contribution in [-0.2, 0) is 5.41 Å². The van der Waals surface area contributed by atoms with E-state index in [1.54, 1.807) is 0 Å². The van der Waals surface area contributed by atoms with Crippen molar-refractivity contribution in [2.75, 3.05) is 4.90 Å². The van der Waals surface area contributed by atoms with Gasteiger partial charge in [0.25, 0.3) is 0 Å². The summed E-state index contributed by atoms with van der Waals surface area (Å²) < 4.78 is 6.61. The van der Waals surface area contributed by atoms with Crippen molar-refractivity contribution < 1.29 is 4.42 Å². The van der Waals surface area contributed by atoms with Gasteiger partial charge in [-0.15, -0.1) is 0 Å².